The molecular formula is C19H23Cl2N3O5S. The Kier molecular flexibility index (Phi) is 7.41. The van der Waals surface area contributed by atoms with Crippen molar-refractivity contribution in [2.24, 2.45) is 5.92 Å². The lowest BCUT2D eigenvalue weighted by Crippen LogP contribution is -2.45. The predicted octanol–water partition coefficient (Wildman–Crippen LogP) is 4.05. The van der Waals surface area contributed by atoms with Crippen molar-refractivity contribution in [2.45, 2.75) is 32.5 Å². The van der Waals surface area contributed by atoms with Gasteiger partial charge in [0.25, 0.3) is 0 Å². The summed E-state index contributed by atoms with van der Waals surface area (Å²) in [6, 6.07) is 0. The molecule has 2 aromatic heterocycles. The van der Waals surface area contributed by atoms with E-state index in [1.165, 1.54) is 7.11 Å². The number of hydrogen-bond acceptors (Lipinski definition) is 7. The van der Waals surface area contributed by atoms with E-state index in [1.54, 1.807) is 14.0 Å². The zero-order valence-electron chi connectivity index (χ0n) is 16.8. The minimum absolute atomic E-state index is 0.00505. The van der Waals surface area contributed by atoms with Crippen molar-refractivity contribution in [1.82, 2.24) is 9.97 Å². The number of ether oxygens (including phenoxy) is 2. The molecule has 164 valence electrons. The Labute approximate surface area is 188 Å². The molecule has 1 saturated heterocycles. The number of aromatic nitrogens is 2. The standard InChI is InChI=1S/C19H23Cl2N3O5S/c1-9-14(20)15(21)16(22-9)12(25)6-10-4-5-24(7-13(10)29-3)19-23-11(8-28-2)17(30-19)18(26)27/h10,13,22H,4-8H2,1-3H3,(H,26,27)/t10-,13-/m1/s1. The largest absolute Gasteiger partial charge is 0.477 e. The molecule has 0 bridgehead atoms. The number of anilines is 1. The fourth-order valence-corrected chi connectivity index (χ4v) is 5.00. The van der Waals surface area contributed by atoms with Gasteiger partial charge < -0.3 is 24.5 Å². The van der Waals surface area contributed by atoms with E-state index in [0.29, 0.717) is 46.7 Å². The molecule has 30 heavy (non-hydrogen) atoms. The second kappa shape index (κ2) is 9.65. The summed E-state index contributed by atoms with van der Waals surface area (Å²) in [7, 11) is 3.11. The number of carbonyl (C=O) groups excluding carboxylic acids is 1. The van der Waals surface area contributed by atoms with E-state index in [0.717, 1.165) is 11.3 Å². The van der Waals surface area contributed by atoms with E-state index in [4.69, 9.17) is 32.7 Å². The Balaban J connectivity index is 1.72. The number of piperidine rings is 1. The topological polar surface area (TPSA) is 105 Å². The van der Waals surface area contributed by atoms with Crippen LogP contribution in [-0.2, 0) is 16.1 Å². The second-order valence-electron chi connectivity index (χ2n) is 7.16. The summed E-state index contributed by atoms with van der Waals surface area (Å²) >= 11 is 13.4. The average molecular weight is 476 g/mol. The zero-order valence-corrected chi connectivity index (χ0v) is 19.2. The van der Waals surface area contributed by atoms with Crippen LogP contribution in [-0.4, -0.2) is 60.2 Å². The van der Waals surface area contributed by atoms with E-state index in [2.05, 4.69) is 9.97 Å². The molecule has 0 amide bonds. The third-order valence-corrected chi connectivity index (χ3v) is 7.30. The van der Waals surface area contributed by atoms with Gasteiger partial charge in [0, 0.05) is 39.4 Å². The van der Waals surface area contributed by atoms with Gasteiger partial charge in [0.15, 0.2) is 10.9 Å². The molecule has 3 heterocycles. The van der Waals surface area contributed by atoms with Crippen molar-refractivity contribution in [2.75, 3.05) is 32.2 Å². The Bertz CT molecular complexity index is 945. The summed E-state index contributed by atoms with van der Waals surface area (Å²) < 4.78 is 10.7. The van der Waals surface area contributed by atoms with E-state index < -0.39 is 5.97 Å². The van der Waals surface area contributed by atoms with Gasteiger partial charge in [-0.3, -0.25) is 4.79 Å². The molecule has 3 rings (SSSR count). The molecule has 2 N–H and O–H groups in total. The maximum atomic E-state index is 12.8. The van der Waals surface area contributed by atoms with Crippen molar-refractivity contribution < 1.29 is 24.2 Å². The minimum Gasteiger partial charge on any atom is -0.477 e. The highest BCUT2D eigenvalue weighted by Crippen LogP contribution is 2.34. The van der Waals surface area contributed by atoms with Gasteiger partial charge in [0.1, 0.15) is 10.6 Å². The SMILES string of the molecule is COCc1nc(N2CC[C@H](CC(=O)c3[nH]c(C)c(Cl)c3Cl)[C@H](OC)C2)sc1C(=O)O. The number of nitrogens with zero attached hydrogens (tertiary/aromatic N) is 2. The number of carbonyl (C=O) groups is 2. The molecule has 11 heteroatoms. The summed E-state index contributed by atoms with van der Waals surface area (Å²) in [5.74, 6) is -1.14. The normalized spacial score (nSPS) is 19.3. The molecule has 0 unspecified atom stereocenters. The van der Waals surface area contributed by atoms with E-state index in [9.17, 15) is 14.7 Å². The lowest BCUT2D eigenvalue weighted by molar-refractivity contribution is 0.0374. The number of carboxylic acids is 1. The number of thiazole rings is 1. The first-order valence-corrected chi connectivity index (χ1v) is 10.9. The number of aromatic amines is 1. The molecular weight excluding hydrogens is 453 g/mol. The second-order valence-corrected chi connectivity index (χ2v) is 8.89. The highest BCUT2D eigenvalue weighted by Gasteiger charge is 2.34. The number of nitrogens with one attached hydrogen (secondary N) is 1. The summed E-state index contributed by atoms with van der Waals surface area (Å²) in [6.45, 7) is 3.04. The van der Waals surface area contributed by atoms with E-state index >= 15 is 0 Å². The Morgan fingerprint density at radius 2 is 2.07 bits per heavy atom. The molecule has 1 fully saturated rings. The van der Waals surface area contributed by atoms with E-state index in [-0.39, 0.29) is 40.7 Å². The fourth-order valence-electron chi connectivity index (χ4n) is 3.62. The average Bonchev–Trinajstić information content (AvgIpc) is 3.25. The summed E-state index contributed by atoms with van der Waals surface area (Å²) in [6.07, 6.45) is 0.753. The van der Waals surface area contributed by atoms with Crippen LogP contribution in [0.3, 0.4) is 0 Å². The van der Waals surface area contributed by atoms with Crippen molar-refractivity contribution in [3.05, 3.63) is 32.0 Å². The summed E-state index contributed by atoms with van der Waals surface area (Å²) in [5, 5.41) is 10.6. The van der Waals surface area contributed by atoms with Crippen molar-refractivity contribution in [1.29, 1.82) is 0 Å². The number of aryl methyl sites for hydroxylation is 1. The van der Waals surface area contributed by atoms with Crippen LogP contribution in [0, 0.1) is 12.8 Å². The van der Waals surface area contributed by atoms with Gasteiger partial charge in [-0.05, 0) is 19.3 Å². The van der Waals surface area contributed by atoms with Gasteiger partial charge in [-0.15, -0.1) is 0 Å². The Morgan fingerprint density at radius 3 is 2.63 bits per heavy atom. The molecule has 2 atom stereocenters. The zero-order chi connectivity index (χ0) is 22.0. The van der Waals surface area contributed by atoms with Gasteiger partial charge in [-0.2, -0.15) is 0 Å². The van der Waals surface area contributed by atoms with Crippen LogP contribution >= 0.6 is 34.5 Å². The molecule has 0 spiro atoms. The first-order valence-electron chi connectivity index (χ1n) is 9.33. The van der Waals surface area contributed by atoms with Gasteiger partial charge in [0.2, 0.25) is 0 Å². The lowest BCUT2D eigenvalue weighted by atomic mass is 9.88. The number of rotatable bonds is 8. The summed E-state index contributed by atoms with van der Waals surface area (Å²) in [4.78, 5) is 33.8. The number of Topliss-reactive ketones (excluding diaryl/α,β-unsaturated/α-hetero) is 1. The Morgan fingerprint density at radius 1 is 1.33 bits per heavy atom. The molecule has 0 aromatic carbocycles. The molecule has 1 aliphatic rings. The van der Waals surface area contributed by atoms with Crippen LogP contribution in [0.1, 0.15) is 44.4 Å². The molecule has 0 aliphatic carbocycles. The van der Waals surface area contributed by atoms with Crippen LogP contribution in [0.25, 0.3) is 0 Å². The summed E-state index contributed by atoms with van der Waals surface area (Å²) in [5.41, 5.74) is 1.39. The Hall–Kier alpha value is -1.65. The lowest BCUT2D eigenvalue weighted by Gasteiger charge is -2.37. The minimum atomic E-state index is -1.02. The van der Waals surface area contributed by atoms with Crippen LogP contribution < -0.4 is 4.90 Å². The number of carboxylic acid groups (broad SMARTS) is 1. The molecule has 2 aromatic rings. The first-order chi connectivity index (χ1) is 14.3. The van der Waals surface area contributed by atoms with Crippen LogP contribution in [0.4, 0.5) is 5.13 Å². The number of aromatic carboxylic acids is 1. The van der Waals surface area contributed by atoms with Crippen LogP contribution in [0.5, 0.6) is 0 Å². The van der Waals surface area contributed by atoms with E-state index in [1.807, 2.05) is 4.90 Å². The fraction of sp³-hybridized carbons (Fsp3) is 0.526. The monoisotopic (exact) mass is 475 g/mol. The molecule has 1 aliphatic heterocycles. The number of halogens is 2. The molecule has 8 nitrogen and oxygen atoms in total. The number of H-pyrrole nitrogens is 1. The van der Waals surface area contributed by atoms with Crippen molar-refractivity contribution in [3.8, 4) is 0 Å². The highest BCUT2D eigenvalue weighted by atomic mass is 35.5. The van der Waals surface area contributed by atoms with Crippen LogP contribution in [0.2, 0.25) is 10.0 Å². The molecule has 0 radical (unpaired) electrons. The smallest absolute Gasteiger partial charge is 0.347 e. The molecule has 0 saturated carbocycles. The van der Waals surface area contributed by atoms with Crippen LogP contribution in [0.15, 0.2) is 0 Å². The number of ketones is 1. The van der Waals surface area contributed by atoms with Crippen molar-refractivity contribution >= 4 is 51.4 Å². The predicted molar refractivity (Wildman–Crippen MR) is 115 cm³/mol. The first kappa shape index (κ1) is 23.0. The van der Waals surface area contributed by atoms with Gasteiger partial charge >= 0.3 is 5.97 Å². The quantitative estimate of drug-likeness (QED) is 0.554. The number of hydrogen-bond donors (Lipinski definition) is 2. The van der Waals surface area contributed by atoms with Gasteiger partial charge in [-0.1, -0.05) is 34.5 Å². The highest BCUT2D eigenvalue weighted by molar-refractivity contribution is 7.17. The number of methoxy groups -OCH3 is 2. The van der Waals surface area contributed by atoms with Gasteiger partial charge in [0.05, 0.1) is 28.5 Å². The van der Waals surface area contributed by atoms with Gasteiger partial charge in [-0.25, -0.2) is 9.78 Å². The third-order valence-electron chi connectivity index (χ3n) is 5.21. The third kappa shape index (κ3) is 4.65. The maximum Gasteiger partial charge on any atom is 0.347 e. The van der Waals surface area contributed by atoms with Crippen molar-refractivity contribution in [3.63, 3.8) is 0 Å². The maximum absolute atomic E-state index is 12.8.